The molecular formula is C16H20N2O. The molecule has 3 nitrogen and oxygen atoms in total. The van der Waals surface area contributed by atoms with E-state index in [1.54, 1.807) is 7.11 Å². The first-order valence-corrected chi connectivity index (χ1v) is 6.47. The number of aryl methyl sites for hydroxylation is 1. The summed E-state index contributed by atoms with van der Waals surface area (Å²) in [5.74, 6) is 6.54. The van der Waals surface area contributed by atoms with Crippen LogP contribution in [-0.2, 0) is 6.42 Å². The minimum absolute atomic E-state index is 0.00295. The topological polar surface area (TPSA) is 47.3 Å². The van der Waals surface area contributed by atoms with Crippen molar-refractivity contribution >= 4 is 0 Å². The summed E-state index contributed by atoms with van der Waals surface area (Å²) in [4.78, 5) is 0. The van der Waals surface area contributed by atoms with Gasteiger partial charge in [0.25, 0.3) is 0 Å². The van der Waals surface area contributed by atoms with Gasteiger partial charge in [-0.15, -0.1) is 0 Å². The maximum absolute atomic E-state index is 5.70. The summed E-state index contributed by atoms with van der Waals surface area (Å²) in [6.45, 7) is 2.15. The van der Waals surface area contributed by atoms with Crippen LogP contribution in [0.2, 0.25) is 0 Å². The monoisotopic (exact) mass is 256 g/mol. The Morgan fingerprint density at radius 1 is 1.00 bits per heavy atom. The van der Waals surface area contributed by atoms with Crippen molar-refractivity contribution in [3.63, 3.8) is 0 Å². The van der Waals surface area contributed by atoms with Gasteiger partial charge in [-0.3, -0.25) is 5.84 Å². The minimum Gasteiger partial charge on any atom is -0.497 e. The van der Waals surface area contributed by atoms with Crippen LogP contribution >= 0.6 is 0 Å². The van der Waals surface area contributed by atoms with Gasteiger partial charge in [0.15, 0.2) is 0 Å². The molecule has 0 amide bonds. The van der Waals surface area contributed by atoms with Crippen LogP contribution in [-0.4, -0.2) is 7.11 Å². The van der Waals surface area contributed by atoms with Gasteiger partial charge in [-0.25, -0.2) is 5.43 Å². The Morgan fingerprint density at radius 3 is 1.95 bits per heavy atom. The van der Waals surface area contributed by atoms with E-state index >= 15 is 0 Å². The summed E-state index contributed by atoms with van der Waals surface area (Å²) >= 11 is 0. The number of hydrogen-bond acceptors (Lipinski definition) is 3. The van der Waals surface area contributed by atoms with Crippen LogP contribution in [0.1, 0.15) is 29.7 Å². The maximum Gasteiger partial charge on any atom is 0.118 e. The van der Waals surface area contributed by atoms with E-state index in [-0.39, 0.29) is 6.04 Å². The number of rotatable bonds is 5. The first-order chi connectivity index (χ1) is 9.28. The molecule has 0 spiro atoms. The van der Waals surface area contributed by atoms with Crippen molar-refractivity contribution in [1.82, 2.24) is 5.43 Å². The Balaban J connectivity index is 2.26. The van der Waals surface area contributed by atoms with Gasteiger partial charge in [0, 0.05) is 0 Å². The maximum atomic E-state index is 5.70. The number of nitrogens with two attached hydrogens (primary N) is 1. The average Bonchev–Trinajstić information content (AvgIpc) is 2.49. The average molecular weight is 256 g/mol. The summed E-state index contributed by atoms with van der Waals surface area (Å²) in [7, 11) is 1.66. The van der Waals surface area contributed by atoms with Crippen LogP contribution in [0.5, 0.6) is 5.75 Å². The van der Waals surface area contributed by atoms with Gasteiger partial charge < -0.3 is 4.74 Å². The van der Waals surface area contributed by atoms with E-state index in [4.69, 9.17) is 10.6 Å². The van der Waals surface area contributed by atoms with E-state index < -0.39 is 0 Å². The lowest BCUT2D eigenvalue weighted by atomic mass is 9.98. The normalized spacial score (nSPS) is 12.2. The molecule has 19 heavy (non-hydrogen) atoms. The molecule has 0 fully saturated rings. The summed E-state index contributed by atoms with van der Waals surface area (Å²) in [5, 5.41) is 0. The van der Waals surface area contributed by atoms with Gasteiger partial charge in [0.1, 0.15) is 5.75 Å². The molecule has 0 saturated heterocycles. The summed E-state index contributed by atoms with van der Waals surface area (Å²) in [6, 6.07) is 16.5. The molecular weight excluding hydrogens is 236 g/mol. The van der Waals surface area contributed by atoms with Crippen molar-refractivity contribution in [2.75, 3.05) is 7.11 Å². The fourth-order valence-electron chi connectivity index (χ4n) is 2.13. The first-order valence-electron chi connectivity index (χ1n) is 6.47. The molecule has 0 aromatic heterocycles. The van der Waals surface area contributed by atoms with E-state index in [1.165, 1.54) is 5.56 Å². The SMILES string of the molecule is CCc1ccc(C(NN)c2ccc(OC)cc2)cc1. The Labute approximate surface area is 114 Å². The van der Waals surface area contributed by atoms with Crippen LogP contribution < -0.4 is 16.0 Å². The number of benzene rings is 2. The van der Waals surface area contributed by atoms with E-state index in [0.29, 0.717) is 0 Å². The second-order valence-corrected chi connectivity index (χ2v) is 4.47. The van der Waals surface area contributed by atoms with Crippen molar-refractivity contribution in [3.05, 3.63) is 65.2 Å². The standard InChI is InChI=1S/C16H20N2O/c1-3-12-4-6-13(7-5-12)16(18-17)14-8-10-15(19-2)11-9-14/h4-11,16,18H,3,17H2,1-2H3. The summed E-state index contributed by atoms with van der Waals surface area (Å²) in [5.41, 5.74) is 6.47. The van der Waals surface area contributed by atoms with E-state index in [0.717, 1.165) is 23.3 Å². The van der Waals surface area contributed by atoms with E-state index in [2.05, 4.69) is 36.6 Å². The first kappa shape index (κ1) is 13.6. The van der Waals surface area contributed by atoms with E-state index in [9.17, 15) is 0 Å². The zero-order valence-corrected chi connectivity index (χ0v) is 11.4. The molecule has 3 N–H and O–H groups in total. The molecule has 0 bridgehead atoms. The fourth-order valence-corrected chi connectivity index (χ4v) is 2.13. The van der Waals surface area contributed by atoms with Gasteiger partial charge in [-0.2, -0.15) is 0 Å². The molecule has 2 rings (SSSR count). The molecule has 3 heteroatoms. The van der Waals surface area contributed by atoms with Gasteiger partial charge in [0.2, 0.25) is 0 Å². The zero-order valence-electron chi connectivity index (χ0n) is 11.4. The Bertz CT molecular complexity index is 458. The molecule has 0 aliphatic rings. The highest BCUT2D eigenvalue weighted by molar-refractivity contribution is 5.36. The van der Waals surface area contributed by atoms with Crippen molar-refractivity contribution in [2.24, 2.45) is 5.84 Å². The third kappa shape index (κ3) is 3.13. The summed E-state index contributed by atoms with van der Waals surface area (Å²) < 4.78 is 5.17. The molecule has 2 aromatic rings. The molecule has 2 aromatic carbocycles. The lowest BCUT2D eigenvalue weighted by molar-refractivity contribution is 0.414. The van der Waals surface area contributed by atoms with Crippen molar-refractivity contribution < 1.29 is 4.74 Å². The third-order valence-corrected chi connectivity index (χ3v) is 3.34. The molecule has 0 heterocycles. The minimum atomic E-state index is -0.00295. The fraction of sp³-hybridized carbons (Fsp3) is 0.250. The van der Waals surface area contributed by atoms with Crippen LogP contribution in [0.3, 0.4) is 0 Å². The Kier molecular flexibility index (Phi) is 4.55. The molecule has 0 aliphatic carbocycles. The molecule has 0 aliphatic heterocycles. The number of nitrogens with one attached hydrogen (secondary N) is 1. The van der Waals surface area contributed by atoms with Gasteiger partial charge in [-0.05, 0) is 35.2 Å². The molecule has 100 valence electrons. The highest BCUT2D eigenvalue weighted by Gasteiger charge is 2.12. The van der Waals surface area contributed by atoms with E-state index in [1.807, 2.05) is 24.3 Å². The number of hydrazine groups is 1. The molecule has 1 atom stereocenters. The zero-order chi connectivity index (χ0) is 13.7. The van der Waals surface area contributed by atoms with Gasteiger partial charge in [-0.1, -0.05) is 43.3 Å². The number of hydrogen-bond donors (Lipinski definition) is 2. The van der Waals surface area contributed by atoms with Crippen LogP contribution in [0, 0.1) is 0 Å². The lowest BCUT2D eigenvalue weighted by Gasteiger charge is -2.17. The lowest BCUT2D eigenvalue weighted by Crippen LogP contribution is -2.28. The predicted octanol–water partition coefficient (Wildman–Crippen LogP) is 2.81. The van der Waals surface area contributed by atoms with Gasteiger partial charge in [0.05, 0.1) is 13.2 Å². The molecule has 1 unspecified atom stereocenters. The Hall–Kier alpha value is -1.84. The second kappa shape index (κ2) is 6.36. The smallest absolute Gasteiger partial charge is 0.118 e. The quantitative estimate of drug-likeness (QED) is 0.639. The summed E-state index contributed by atoms with van der Waals surface area (Å²) in [6.07, 6.45) is 1.05. The highest BCUT2D eigenvalue weighted by Crippen LogP contribution is 2.23. The van der Waals surface area contributed by atoms with Crippen LogP contribution in [0.25, 0.3) is 0 Å². The highest BCUT2D eigenvalue weighted by atomic mass is 16.5. The van der Waals surface area contributed by atoms with Crippen LogP contribution in [0.15, 0.2) is 48.5 Å². The third-order valence-electron chi connectivity index (χ3n) is 3.34. The predicted molar refractivity (Wildman–Crippen MR) is 78.0 cm³/mol. The van der Waals surface area contributed by atoms with Gasteiger partial charge >= 0.3 is 0 Å². The van der Waals surface area contributed by atoms with Crippen molar-refractivity contribution in [2.45, 2.75) is 19.4 Å². The number of methoxy groups -OCH3 is 1. The van der Waals surface area contributed by atoms with Crippen molar-refractivity contribution in [1.29, 1.82) is 0 Å². The van der Waals surface area contributed by atoms with Crippen molar-refractivity contribution in [3.8, 4) is 5.75 Å². The Morgan fingerprint density at radius 2 is 1.53 bits per heavy atom. The van der Waals surface area contributed by atoms with Crippen LogP contribution in [0.4, 0.5) is 0 Å². The second-order valence-electron chi connectivity index (χ2n) is 4.47. The largest absolute Gasteiger partial charge is 0.497 e. The number of ether oxygens (including phenoxy) is 1. The molecule has 0 radical (unpaired) electrons. The molecule has 0 saturated carbocycles.